The molecule has 11 heteroatoms. The Hall–Kier alpha value is -2.33. The summed E-state index contributed by atoms with van der Waals surface area (Å²) >= 11 is 11.9. The third-order valence-electron chi connectivity index (χ3n) is 4.12. The van der Waals surface area contributed by atoms with Gasteiger partial charge in [0, 0.05) is 23.8 Å². The Morgan fingerprint density at radius 3 is 2.37 bits per heavy atom. The minimum Gasteiger partial charge on any atom is -0.452 e. The van der Waals surface area contributed by atoms with E-state index in [1.807, 2.05) is 0 Å². The van der Waals surface area contributed by atoms with Crippen molar-refractivity contribution < 1.29 is 22.7 Å². The van der Waals surface area contributed by atoms with Crippen LogP contribution in [0.2, 0.25) is 10.0 Å². The van der Waals surface area contributed by atoms with E-state index in [0.29, 0.717) is 18.1 Å². The minimum absolute atomic E-state index is 0.0168. The number of rotatable bonds is 8. The van der Waals surface area contributed by atoms with Crippen molar-refractivity contribution in [1.29, 1.82) is 0 Å². The highest BCUT2D eigenvalue weighted by molar-refractivity contribution is 7.89. The van der Waals surface area contributed by atoms with Gasteiger partial charge in [-0.25, -0.2) is 13.2 Å². The van der Waals surface area contributed by atoms with E-state index in [2.05, 4.69) is 5.32 Å². The monoisotopic (exact) mass is 473 g/mol. The number of nitrogens with one attached hydrogen (secondary N) is 1. The van der Waals surface area contributed by atoms with E-state index >= 15 is 0 Å². The van der Waals surface area contributed by atoms with Crippen LogP contribution in [0.3, 0.4) is 0 Å². The molecule has 30 heavy (non-hydrogen) atoms. The molecule has 3 N–H and O–H groups in total. The molecule has 2 aromatic rings. The van der Waals surface area contributed by atoms with Crippen molar-refractivity contribution >= 4 is 56.5 Å². The van der Waals surface area contributed by atoms with E-state index in [0.717, 1.165) is 0 Å². The number of anilines is 2. The number of benzene rings is 2. The fourth-order valence-corrected chi connectivity index (χ4v) is 4.42. The number of nitrogens with zero attached hydrogens (tertiary/aromatic N) is 1. The number of amides is 1. The number of esters is 1. The summed E-state index contributed by atoms with van der Waals surface area (Å²) < 4.78 is 31.5. The van der Waals surface area contributed by atoms with Crippen molar-refractivity contribution in [3.05, 3.63) is 52.0 Å². The smallest absolute Gasteiger partial charge is 0.340 e. The molecule has 0 saturated heterocycles. The van der Waals surface area contributed by atoms with Crippen molar-refractivity contribution in [2.75, 3.05) is 30.7 Å². The molecule has 162 valence electrons. The molecular formula is C19H21Cl2N3O5S. The molecule has 0 aliphatic carbocycles. The van der Waals surface area contributed by atoms with Crippen molar-refractivity contribution in [3.8, 4) is 0 Å². The van der Waals surface area contributed by atoms with E-state index in [4.69, 9.17) is 33.7 Å². The zero-order valence-electron chi connectivity index (χ0n) is 16.3. The van der Waals surface area contributed by atoms with Gasteiger partial charge in [0.05, 0.1) is 21.2 Å². The first-order valence-electron chi connectivity index (χ1n) is 8.91. The highest BCUT2D eigenvalue weighted by Gasteiger charge is 2.23. The Bertz CT molecular complexity index is 1060. The van der Waals surface area contributed by atoms with E-state index in [1.54, 1.807) is 13.8 Å². The highest BCUT2D eigenvalue weighted by atomic mass is 35.5. The van der Waals surface area contributed by atoms with Gasteiger partial charge in [-0.2, -0.15) is 4.31 Å². The molecule has 2 aromatic carbocycles. The molecule has 0 aliphatic heterocycles. The van der Waals surface area contributed by atoms with Crippen molar-refractivity contribution in [1.82, 2.24) is 4.31 Å². The average molecular weight is 474 g/mol. The summed E-state index contributed by atoms with van der Waals surface area (Å²) in [4.78, 5) is 24.3. The van der Waals surface area contributed by atoms with Gasteiger partial charge in [-0.3, -0.25) is 4.79 Å². The largest absolute Gasteiger partial charge is 0.452 e. The van der Waals surface area contributed by atoms with Crippen LogP contribution in [-0.2, 0) is 19.6 Å². The Kier molecular flexibility index (Phi) is 8.08. The van der Waals surface area contributed by atoms with Gasteiger partial charge in [-0.05, 0) is 36.4 Å². The SMILES string of the molecule is CCN(CC)S(=O)(=O)c1ccc(Cl)c(NC(=O)COC(=O)c2ccc(Cl)cc2N)c1. The fraction of sp³-hybridized carbons (Fsp3) is 0.263. The topological polar surface area (TPSA) is 119 Å². The maximum absolute atomic E-state index is 12.7. The summed E-state index contributed by atoms with van der Waals surface area (Å²) in [5.74, 6) is -1.50. The van der Waals surface area contributed by atoms with Crippen molar-refractivity contribution in [2.45, 2.75) is 18.7 Å². The molecule has 0 bridgehead atoms. The van der Waals surface area contributed by atoms with Crippen LogP contribution in [0.5, 0.6) is 0 Å². The number of hydrogen-bond donors (Lipinski definition) is 2. The Morgan fingerprint density at radius 2 is 1.77 bits per heavy atom. The van der Waals surface area contributed by atoms with Crippen molar-refractivity contribution in [2.24, 2.45) is 0 Å². The number of sulfonamides is 1. The Balaban J connectivity index is 2.10. The number of carbonyl (C=O) groups is 2. The molecule has 0 heterocycles. The second-order valence-electron chi connectivity index (χ2n) is 6.09. The quantitative estimate of drug-likeness (QED) is 0.447. The first kappa shape index (κ1) is 23.9. The van der Waals surface area contributed by atoms with Gasteiger partial charge in [-0.1, -0.05) is 37.0 Å². The van der Waals surface area contributed by atoms with Crippen LogP contribution in [0, 0.1) is 0 Å². The van der Waals surface area contributed by atoms with Crippen LogP contribution in [0.1, 0.15) is 24.2 Å². The normalized spacial score (nSPS) is 11.4. The lowest BCUT2D eigenvalue weighted by Gasteiger charge is -2.19. The predicted octanol–water partition coefficient (Wildman–Crippen LogP) is 3.40. The molecule has 0 spiro atoms. The molecule has 0 saturated carbocycles. The summed E-state index contributed by atoms with van der Waals surface area (Å²) in [6, 6.07) is 8.22. The average Bonchev–Trinajstić information content (AvgIpc) is 2.68. The van der Waals surface area contributed by atoms with Gasteiger partial charge in [-0.15, -0.1) is 0 Å². The highest BCUT2D eigenvalue weighted by Crippen LogP contribution is 2.27. The summed E-state index contributed by atoms with van der Waals surface area (Å²) in [6.07, 6.45) is 0. The molecule has 8 nitrogen and oxygen atoms in total. The molecule has 0 radical (unpaired) electrons. The molecular weight excluding hydrogens is 453 g/mol. The Labute approximate surface area is 184 Å². The second kappa shape index (κ2) is 10.1. The third-order valence-corrected chi connectivity index (χ3v) is 6.73. The van der Waals surface area contributed by atoms with Crippen LogP contribution < -0.4 is 11.1 Å². The number of hydrogen-bond acceptors (Lipinski definition) is 6. The number of nitrogen functional groups attached to an aromatic ring is 1. The molecule has 0 aromatic heterocycles. The first-order valence-corrected chi connectivity index (χ1v) is 11.1. The molecule has 0 aliphatic rings. The zero-order chi connectivity index (χ0) is 22.5. The maximum atomic E-state index is 12.7. The summed E-state index contributed by atoms with van der Waals surface area (Å²) in [7, 11) is -3.73. The van der Waals surface area contributed by atoms with Crippen LogP contribution >= 0.6 is 23.2 Å². The molecule has 1 amide bonds. The summed E-state index contributed by atoms with van der Waals surface area (Å²) in [6.45, 7) is 3.42. The number of halogens is 2. The van der Waals surface area contributed by atoms with Gasteiger partial charge in [0.25, 0.3) is 5.91 Å². The standard InChI is InChI=1S/C19H21Cl2N3O5S/c1-3-24(4-2)30(27,28)13-6-8-15(21)17(10-13)23-18(25)11-29-19(26)14-7-5-12(20)9-16(14)22/h5-10H,3-4,11,22H2,1-2H3,(H,23,25). The lowest BCUT2D eigenvalue weighted by Crippen LogP contribution is -2.30. The van der Waals surface area contributed by atoms with E-state index in [-0.39, 0.29) is 26.9 Å². The van der Waals surface area contributed by atoms with Gasteiger partial charge < -0.3 is 15.8 Å². The summed E-state index contributed by atoms with van der Waals surface area (Å²) in [5, 5.41) is 2.94. The molecule has 0 atom stereocenters. The Morgan fingerprint density at radius 1 is 1.10 bits per heavy atom. The third kappa shape index (κ3) is 5.63. The zero-order valence-corrected chi connectivity index (χ0v) is 18.6. The van der Waals surface area contributed by atoms with Crippen LogP contribution in [0.4, 0.5) is 11.4 Å². The lowest BCUT2D eigenvalue weighted by atomic mass is 10.2. The van der Waals surface area contributed by atoms with E-state index in [1.165, 1.54) is 40.7 Å². The van der Waals surface area contributed by atoms with Crippen LogP contribution in [0.25, 0.3) is 0 Å². The maximum Gasteiger partial charge on any atom is 0.340 e. The van der Waals surface area contributed by atoms with E-state index in [9.17, 15) is 18.0 Å². The molecule has 0 unspecified atom stereocenters. The number of nitrogens with two attached hydrogens (primary N) is 1. The van der Waals surface area contributed by atoms with Gasteiger partial charge in [0.2, 0.25) is 10.0 Å². The van der Waals surface area contributed by atoms with Gasteiger partial charge in [0.1, 0.15) is 0 Å². The van der Waals surface area contributed by atoms with Gasteiger partial charge >= 0.3 is 5.97 Å². The number of carbonyl (C=O) groups excluding carboxylic acids is 2. The van der Waals surface area contributed by atoms with E-state index < -0.39 is 28.5 Å². The first-order chi connectivity index (χ1) is 14.1. The second-order valence-corrected chi connectivity index (χ2v) is 8.87. The van der Waals surface area contributed by atoms with Crippen molar-refractivity contribution in [3.63, 3.8) is 0 Å². The minimum atomic E-state index is -3.73. The summed E-state index contributed by atoms with van der Waals surface area (Å²) in [5.41, 5.74) is 5.98. The predicted molar refractivity (Wildman–Crippen MR) is 116 cm³/mol. The van der Waals surface area contributed by atoms with Crippen LogP contribution in [0.15, 0.2) is 41.3 Å². The van der Waals surface area contributed by atoms with Crippen LogP contribution in [-0.4, -0.2) is 44.3 Å². The fourth-order valence-electron chi connectivity index (χ4n) is 2.59. The number of ether oxygens (including phenoxy) is 1. The molecule has 0 fully saturated rings. The molecule has 2 rings (SSSR count). The lowest BCUT2D eigenvalue weighted by molar-refractivity contribution is -0.119. The van der Waals surface area contributed by atoms with Gasteiger partial charge in [0.15, 0.2) is 6.61 Å².